The first-order chi connectivity index (χ1) is 13.7. The summed E-state index contributed by atoms with van der Waals surface area (Å²) >= 11 is 0. The topological polar surface area (TPSA) is 130 Å². The molecule has 0 aliphatic rings. The standard InChI is InChI=1S/C20H21N3O6/c1-22(2)16-10-9-13(12-17(16)23(28)29)19(26)14-6-3-4-7-15(14)20(27)21-11-5-8-18(24)25/h3-4,6-7,9-10,12H,5,8,11H2,1-2H3,(H,21,27)(H,24,25). The van der Waals surface area contributed by atoms with Crippen LogP contribution in [0.5, 0.6) is 0 Å². The lowest BCUT2D eigenvalue weighted by Crippen LogP contribution is -2.26. The van der Waals surface area contributed by atoms with Crippen LogP contribution >= 0.6 is 0 Å². The summed E-state index contributed by atoms with van der Waals surface area (Å²) in [5.41, 5.74) is 0.461. The quantitative estimate of drug-likeness (QED) is 0.287. The Kier molecular flexibility index (Phi) is 7.02. The van der Waals surface area contributed by atoms with Crippen LogP contribution in [0.15, 0.2) is 42.5 Å². The van der Waals surface area contributed by atoms with Crippen LogP contribution in [0.25, 0.3) is 0 Å². The van der Waals surface area contributed by atoms with Gasteiger partial charge in [0.2, 0.25) is 0 Å². The summed E-state index contributed by atoms with van der Waals surface area (Å²) in [4.78, 5) is 48.3. The lowest BCUT2D eigenvalue weighted by atomic mass is 9.97. The summed E-state index contributed by atoms with van der Waals surface area (Å²) in [7, 11) is 3.32. The summed E-state index contributed by atoms with van der Waals surface area (Å²) in [6, 6.07) is 10.3. The molecule has 2 aromatic rings. The van der Waals surface area contributed by atoms with Crippen molar-refractivity contribution in [1.82, 2.24) is 5.32 Å². The van der Waals surface area contributed by atoms with Crippen molar-refractivity contribution in [2.75, 3.05) is 25.5 Å². The number of hydrogen-bond donors (Lipinski definition) is 2. The van der Waals surface area contributed by atoms with Gasteiger partial charge in [0, 0.05) is 44.3 Å². The molecule has 2 N–H and O–H groups in total. The number of hydrogen-bond acceptors (Lipinski definition) is 6. The third kappa shape index (κ3) is 5.38. The number of aliphatic carboxylic acids is 1. The van der Waals surface area contributed by atoms with E-state index in [1.807, 2.05) is 0 Å². The van der Waals surface area contributed by atoms with Crippen LogP contribution in [0.1, 0.15) is 39.1 Å². The number of nitro benzene ring substituents is 1. The molecule has 2 rings (SSSR count). The highest BCUT2D eigenvalue weighted by atomic mass is 16.6. The maximum Gasteiger partial charge on any atom is 0.303 e. The Morgan fingerprint density at radius 1 is 1.10 bits per heavy atom. The molecule has 29 heavy (non-hydrogen) atoms. The Hall–Kier alpha value is -3.75. The SMILES string of the molecule is CN(C)c1ccc(C(=O)c2ccccc2C(=O)NCCCC(=O)O)cc1[N+](=O)[O-]. The summed E-state index contributed by atoms with van der Waals surface area (Å²) in [6.07, 6.45) is 0.179. The van der Waals surface area contributed by atoms with Gasteiger partial charge in [-0.2, -0.15) is 0 Å². The Labute approximate surface area is 167 Å². The van der Waals surface area contributed by atoms with E-state index in [0.29, 0.717) is 5.69 Å². The monoisotopic (exact) mass is 399 g/mol. The second-order valence-electron chi connectivity index (χ2n) is 6.48. The van der Waals surface area contributed by atoms with E-state index in [0.717, 1.165) is 0 Å². The molecule has 9 heteroatoms. The fraction of sp³-hybridized carbons (Fsp3) is 0.250. The van der Waals surface area contributed by atoms with E-state index in [4.69, 9.17) is 5.11 Å². The van der Waals surface area contributed by atoms with Gasteiger partial charge in [0.05, 0.1) is 10.5 Å². The van der Waals surface area contributed by atoms with Crippen LogP contribution in [0.4, 0.5) is 11.4 Å². The summed E-state index contributed by atoms with van der Waals surface area (Å²) in [6.45, 7) is 0.149. The van der Waals surface area contributed by atoms with E-state index in [1.165, 1.54) is 30.3 Å². The van der Waals surface area contributed by atoms with E-state index in [2.05, 4.69) is 5.32 Å². The van der Waals surface area contributed by atoms with Gasteiger partial charge in [0.15, 0.2) is 5.78 Å². The molecule has 0 aromatic heterocycles. The van der Waals surface area contributed by atoms with Crippen LogP contribution in [0, 0.1) is 10.1 Å². The van der Waals surface area contributed by atoms with Crippen molar-refractivity contribution in [3.8, 4) is 0 Å². The van der Waals surface area contributed by atoms with Crippen LogP contribution in [-0.2, 0) is 4.79 Å². The molecule has 0 radical (unpaired) electrons. The first-order valence-corrected chi connectivity index (χ1v) is 8.82. The molecule has 0 saturated carbocycles. The molecule has 0 spiro atoms. The zero-order chi connectivity index (χ0) is 21.6. The van der Waals surface area contributed by atoms with E-state index in [9.17, 15) is 24.5 Å². The number of carbonyl (C=O) groups is 3. The molecule has 9 nitrogen and oxygen atoms in total. The van der Waals surface area contributed by atoms with Gasteiger partial charge in [-0.3, -0.25) is 24.5 Å². The largest absolute Gasteiger partial charge is 0.481 e. The Morgan fingerprint density at radius 3 is 2.34 bits per heavy atom. The van der Waals surface area contributed by atoms with E-state index in [1.54, 1.807) is 31.1 Å². The predicted molar refractivity (Wildman–Crippen MR) is 107 cm³/mol. The van der Waals surface area contributed by atoms with Gasteiger partial charge < -0.3 is 15.3 Å². The predicted octanol–water partition coefficient (Wildman–Crippen LogP) is 2.49. The van der Waals surface area contributed by atoms with Gasteiger partial charge in [0.25, 0.3) is 11.6 Å². The van der Waals surface area contributed by atoms with Crippen LogP contribution < -0.4 is 10.2 Å². The zero-order valence-corrected chi connectivity index (χ0v) is 16.0. The summed E-state index contributed by atoms with van der Waals surface area (Å²) in [5.74, 6) is -1.99. The molecule has 0 unspecified atom stereocenters. The lowest BCUT2D eigenvalue weighted by molar-refractivity contribution is -0.384. The average molecular weight is 399 g/mol. The summed E-state index contributed by atoms with van der Waals surface area (Å²) in [5, 5.41) is 22.6. The summed E-state index contributed by atoms with van der Waals surface area (Å²) < 4.78 is 0. The van der Waals surface area contributed by atoms with Crippen LogP contribution in [-0.4, -0.2) is 48.3 Å². The van der Waals surface area contributed by atoms with Gasteiger partial charge >= 0.3 is 5.97 Å². The molecular formula is C20H21N3O6. The Balaban J connectivity index is 2.30. The second-order valence-corrected chi connectivity index (χ2v) is 6.48. The number of nitrogens with one attached hydrogen (secondary N) is 1. The highest BCUT2D eigenvalue weighted by Crippen LogP contribution is 2.29. The minimum absolute atomic E-state index is 0.0806. The number of carboxylic acids is 1. The number of amides is 1. The number of carboxylic acid groups (broad SMARTS) is 1. The van der Waals surface area contributed by atoms with Crippen molar-refractivity contribution >= 4 is 29.0 Å². The Morgan fingerprint density at radius 2 is 1.76 bits per heavy atom. The van der Waals surface area contributed by atoms with Crippen molar-refractivity contribution in [2.24, 2.45) is 0 Å². The van der Waals surface area contributed by atoms with Crippen LogP contribution in [0.3, 0.4) is 0 Å². The van der Waals surface area contributed by atoms with Gasteiger partial charge in [-0.05, 0) is 24.6 Å². The first kappa shape index (κ1) is 21.5. The normalized spacial score (nSPS) is 10.3. The number of nitro groups is 1. The van der Waals surface area contributed by atoms with E-state index >= 15 is 0 Å². The highest BCUT2D eigenvalue weighted by molar-refractivity contribution is 6.15. The molecule has 0 bridgehead atoms. The molecule has 152 valence electrons. The van der Waals surface area contributed by atoms with E-state index < -0.39 is 22.6 Å². The minimum Gasteiger partial charge on any atom is -0.481 e. The molecule has 2 aromatic carbocycles. The van der Waals surface area contributed by atoms with Gasteiger partial charge in [0.1, 0.15) is 5.69 Å². The number of carbonyl (C=O) groups excluding carboxylic acids is 2. The maximum absolute atomic E-state index is 13.0. The second kappa shape index (κ2) is 9.45. The van der Waals surface area contributed by atoms with Crippen molar-refractivity contribution in [3.63, 3.8) is 0 Å². The number of rotatable bonds is 9. The van der Waals surface area contributed by atoms with Crippen molar-refractivity contribution in [1.29, 1.82) is 0 Å². The average Bonchev–Trinajstić information content (AvgIpc) is 2.69. The molecule has 0 aliphatic carbocycles. The number of anilines is 1. The zero-order valence-electron chi connectivity index (χ0n) is 16.0. The van der Waals surface area contributed by atoms with Crippen molar-refractivity contribution in [3.05, 3.63) is 69.3 Å². The first-order valence-electron chi connectivity index (χ1n) is 8.82. The molecule has 0 atom stereocenters. The highest BCUT2D eigenvalue weighted by Gasteiger charge is 2.22. The molecule has 0 heterocycles. The maximum atomic E-state index is 13.0. The van der Waals surface area contributed by atoms with Gasteiger partial charge in [-0.1, -0.05) is 18.2 Å². The van der Waals surface area contributed by atoms with Gasteiger partial charge in [-0.25, -0.2) is 0 Å². The third-order valence-electron chi connectivity index (χ3n) is 4.19. The van der Waals surface area contributed by atoms with Crippen molar-refractivity contribution in [2.45, 2.75) is 12.8 Å². The lowest BCUT2D eigenvalue weighted by Gasteiger charge is -2.14. The molecule has 0 saturated heterocycles. The van der Waals surface area contributed by atoms with Crippen LogP contribution in [0.2, 0.25) is 0 Å². The smallest absolute Gasteiger partial charge is 0.303 e. The molecule has 1 amide bonds. The Bertz CT molecular complexity index is 955. The fourth-order valence-electron chi connectivity index (χ4n) is 2.76. The minimum atomic E-state index is -0.961. The number of benzene rings is 2. The number of ketones is 1. The van der Waals surface area contributed by atoms with Gasteiger partial charge in [-0.15, -0.1) is 0 Å². The molecule has 0 fully saturated rings. The molecule has 0 aliphatic heterocycles. The van der Waals surface area contributed by atoms with E-state index in [-0.39, 0.29) is 41.8 Å². The fourth-order valence-corrected chi connectivity index (χ4v) is 2.76. The molecular weight excluding hydrogens is 378 g/mol. The third-order valence-corrected chi connectivity index (χ3v) is 4.19. The van der Waals surface area contributed by atoms with Crippen molar-refractivity contribution < 1.29 is 24.4 Å². The number of nitrogens with zero attached hydrogens (tertiary/aromatic N) is 2.